The van der Waals surface area contributed by atoms with Crippen LogP contribution in [0, 0.1) is 11.3 Å². The number of nitriles is 1. The Morgan fingerprint density at radius 1 is 1.19 bits per heavy atom. The number of halogens is 4. The van der Waals surface area contributed by atoms with Gasteiger partial charge >= 0.3 is 6.18 Å². The van der Waals surface area contributed by atoms with Crippen LogP contribution < -0.4 is 10.5 Å². The molecule has 2 aromatic carbocycles. The summed E-state index contributed by atoms with van der Waals surface area (Å²) in [6, 6.07) is 9.52. The molecule has 0 aromatic heterocycles. The van der Waals surface area contributed by atoms with Crippen LogP contribution in [0.3, 0.4) is 0 Å². The Balaban J connectivity index is 2.45. The van der Waals surface area contributed by atoms with Gasteiger partial charge in [0.2, 0.25) is 0 Å². The molecular formula is C14H8BrF3N2O. The van der Waals surface area contributed by atoms with Crippen molar-refractivity contribution in [1.29, 1.82) is 5.26 Å². The molecule has 0 atom stereocenters. The van der Waals surface area contributed by atoms with Crippen molar-refractivity contribution in [3.05, 3.63) is 52.0 Å². The molecule has 2 N–H and O–H groups in total. The number of hydrogen-bond donors (Lipinski definition) is 1. The highest BCUT2D eigenvalue weighted by molar-refractivity contribution is 9.10. The van der Waals surface area contributed by atoms with E-state index >= 15 is 0 Å². The molecule has 0 saturated carbocycles. The number of para-hydroxylation sites is 1. The highest BCUT2D eigenvalue weighted by Gasteiger charge is 2.34. The molecule has 108 valence electrons. The molecule has 0 saturated heterocycles. The molecule has 0 bridgehead atoms. The minimum absolute atomic E-state index is 0.0556. The van der Waals surface area contributed by atoms with Crippen LogP contribution in [0.1, 0.15) is 11.1 Å². The molecule has 2 rings (SSSR count). The summed E-state index contributed by atoms with van der Waals surface area (Å²) < 4.78 is 44.5. The molecule has 3 nitrogen and oxygen atoms in total. The van der Waals surface area contributed by atoms with E-state index in [0.29, 0.717) is 4.47 Å². The van der Waals surface area contributed by atoms with Gasteiger partial charge in [-0.25, -0.2) is 0 Å². The van der Waals surface area contributed by atoms with E-state index in [1.165, 1.54) is 12.1 Å². The van der Waals surface area contributed by atoms with Crippen LogP contribution >= 0.6 is 15.9 Å². The summed E-state index contributed by atoms with van der Waals surface area (Å²) in [7, 11) is 0. The van der Waals surface area contributed by atoms with Crippen molar-refractivity contribution in [3.63, 3.8) is 0 Å². The molecule has 2 aromatic rings. The molecule has 0 amide bonds. The maximum atomic E-state index is 12.9. The third-order valence-electron chi connectivity index (χ3n) is 2.63. The van der Waals surface area contributed by atoms with Gasteiger partial charge in [-0.1, -0.05) is 6.07 Å². The summed E-state index contributed by atoms with van der Waals surface area (Å²) in [4.78, 5) is 0. The van der Waals surface area contributed by atoms with Gasteiger partial charge in [-0.05, 0) is 46.3 Å². The zero-order valence-electron chi connectivity index (χ0n) is 10.4. The van der Waals surface area contributed by atoms with Gasteiger partial charge in [0.25, 0.3) is 0 Å². The lowest BCUT2D eigenvalue weighted by Gasteiger charge is -2.13. The van der Waals surface area contributed by atoms with Crippen LogP contribution in [0.2, 0.25) is 0 Å². The minimum Gasteiger partial charge on any atom is -0.454 e. The van der Waals surface area contributed by atoms with E-state index in [-0.39, 0.29) is 17.2 Å². The standard InChI is InChI=1S/C14H8BrF3N2O/c15-11-2-1-3-12(20)13(11)21-9-5-4-8(7-19)10(6-9)14(16,17)18/h1-6H,20H2. The number of alkyl halides is 3. The highest BCUT2D eigenvalue weighted by atomic mass is 79.9. The first-order valence-electron chi connectivity index (χ1n) is 5.66. The van der Waals surface area contributed by atoms with Crippen molar-refractivity contribution in [2.45, 2.75) is 6.18 Å². The van der Waals surface area contributed by atoms with Crippen molar-refractivity contribution < 1.29 is 17.9 Å². The zero-order valence-corrected chi connectivity index (χ0v) is 12.0. The third-order valence-corrected chi connectivity index (χ3v) is 3.26. The summed E-state index contributed by atoms with van der Waals surface area (Å²) >= 11 is 3.21. The molecule has 0 fully saturated rings. The first-order chi connectivity index (χ1) is 9.82. The summed E-state index contributed by atoms with van der Waals surface area (Å²) in [5.41, 5.74) is 4.49. The lowest BCUT2D eigenvalue weighted by Crippen LogP contribution is -2.08. The maximum Gasteiger partial charge on any atom is 0.417 e. The quantitative estimate of drug-likeness (QED) is 0.792. The molecule has 0 aliphatic rings. The van der Waals surface area contributed by atoms with Crippen molar-refractivity contribution in [1.82, 2.24) is 0 Å². The molecular weight excluding hydrogens is 349 g/mol. The van der Waals surface area contributed by atoms with Gasteiger partial charge in [0.05, 0.1) is 27.4 Å². The van der Waals surface area contributed by atoms with Crippen molar-refractivity contribution in [2.24, 2.45) is 0 Å². The average Bonchev–Trinajstić information content (AvgIpc) is 2.42. The second kappa shape index (κ2) is 5.66. The Bertz CT molecular complexity index is 703. The fourth-order valence-corrected chi connectivity index (χ4v) is 2.13. The van der Waals surface area contributed by atoms with Crippen LogP contribution in [-0.2, 0) is 6.18 Å². The molecule has 0 spiro atoms. The normalized spacial score (nSPS) is 11.0. The van der Waals surface area contributed by atoms with E-state index < -0.39 is 17.3 Å². The number of benzene rings is 2. The third kappa shape index (κ3) is 3.28. The minimum atomic E-state index is -4.64. The van der Waals surface area contributed by atoms with Crippen LogP contribution in [0.4, 0.5) is 18.9 Å². The summed E-state index contributed by atoms with van der Waals surface area (Å²) in [5, 5.41) is 8.73. The monoisotopic (exact) mass is 356 g/mol. The van der Waals surface area contributed by atoms with E-state index in [0.717, 1.165) is 12.1 Å². The van der Waals surface area contributed by atoms with Crippen LogP contribution in [-0.4, -0.2) is 0 Å². The van der Waals surface area contributed by atoms with Gasteiger partial charge in [-0.3, -0.25) is 0 Å². The van der Waals surface area contributed by atoms with Crippen LogP contribution in [0.15, 0.2) is 40.9 Å². The molecule has 0 radical (unpaired) electrons. The number of nitrogen functional groups attached to an aromatic ring is 1. The first-order valence-corrected chi connectivity index (χ1v) is 6.45. The van der Waals surface area contributed by atoms with E-state index in [2.05, 4.69) is 15.9 Å². The Hall–Kier alpha value is -2.20. The van der Waals surface area contributed by atoms with Crippen molar-refractivity contribution >= 4 is 21.6 Å². The van der Waals surface area contributed by atoms with E-state index in [4.69, 9.17) is 15.7 Å². The Morgan fingerprint density at radius 2 is 1.90 bits per heavy atom. The fraction of sp³-hybridized carbons (Fsp3) is 0.0714. The van der Waals surface area contributed by atoms with Gasteiger partial charge < -0.3 is 10.5 Å². The van der Waals surface area contributed by atoms with Crippen molar-refractivity contribution in [2.75, 3.05) is 5.73 Å². The molecule has 0 aliphatic heterocycles. The summed E-state index contributed by atoms with van der Waals surface area (Å²) in [5.74, 6) is 0.162. The van der Waals surface area contributed by atoms with E-state index in [9.17, 15) is 13.2 Å². The second-order valence-electron chi connectivity index (χ2n) is 4.08. The Morgan fingerprint density at radius 3 is 2.48 bits per heavy atom. The number of rotatable bonds is 2. The molecule has 0 aliphatic carbocycles. The van der Waals surface area contributed by atoms with Gasteiger partial charge in [-0.2, -0.15) is 18.4 Å². The lowest BCUT2D eigenvalue weighted by molar-refractivity contribution is -0.137. The Kier molecular flexibility index (Phi) is 4.09. The number of anilines is 1. The predicted octanol–water partition coefficient (Wildman–Crippen LogP) is 4.71. The van der Waals surface area contributed by atoms with E-state index in [1.54, 1.807) is 18.2 Å². The number of nitrogens with two attached hydrogens (primary N) is 1. The van der Waals surface area contributed by atoms with Gasteiger partial charge in [-0.15, -0.1) is 0 Å². The van der Waals surface area contributed by atoms with Gasteiger partial charge in [0, 0.05) is 0 Å². The average molecular weight is 357 g/mol. The smallest absolute Gasteiger partial charge is 0.417 e. The van der Waals surface area contributed by atoms with Crippen molar-refractivity contribution in [3.8, 4) is 17.6 Å². The SMILES string of the molecule is N#Cc1ccc(Oc2c(N)cccc2Br)cc1C(F)(F)F. The molecule has 21 heavy (non-hydrogen) atoms. The fourth-order valence-electron chi connectivity index (χ4n) is 1.67. The number of nitrogens with zero attached hydrogens (tertiary/aromatic N) is 1. The summed E-state index contributed by atoms with van der Waals surface area (Å²) in [6.45, 7) is 0. The van der Waals surface area contributed by atoms with Gasteiger partial charge in [0.15, 0.2) is 5.75 Å². The second-order valence-corrected chi connectivity index (χ2v) is 4.93. The highest BCUT2D eigenvalue weighted by Crippen LogP contribution is 2.38. The maximum absolute atomic E-state index is 12.9. The Labute approximate surface area is 126 Å². The molecule has 0 heterocycles. The lowest BCUT2D eigenvalue weighted by atomic mass is 10.1. The largest absolute Gasteiger partial charge is 0.454 e. The van der Waals surface area contributed by atoms with Gasteiger partial charge in [0.1, 0.15) is 5.75 Å². The molecule has 7 heteroatoms. The first kappa shape index (κ1) is 15.2. The van der Waals surface area contributed by atoms with E-state index in [1.807, 2.05) is 0 Å². The predicted molar refractivity (Wildman–Crippen MR) is 74.8 cm³/mol. The number of ether oxygens (including phenoxy) is 1. The van der Waals surface area contributed by atoms with Crippen LogP contribution in [0.5, 0.6) is 11.5 Å². The zero-order chi connectivity index (χ0) is 15.6. The summed E-state index contributed by atoms with van der Waals surface area (Å²) in [6.07, 6.45) is -4.64. The molecule has 0 unspecified atom stereocenters. The number of hydrogen-bond acceptors (Lipinski definition) is 3. The topological polar surface area (TPSA) is 59.0 Å². The van der Waals surface area contributed by atoms with Crippen LogP contribution in [0.25, 0.3) is 0 Å².